The van der Waals surface area contributed by atoms with Crippen LogP contribution in [0.4, 0.5) is 0 Å². The molecule has 0 radical (unpaired) electrons. The van der Waals surface area contributed by atoms with Crippen LogP contribution >= 0.6 is 0 Å². The third kappa shape index (κ3) is 5.38. The van der Waals surface area contributed by atoms with E-state index >= 15 is 0 Å². The van der Waals surface area contributed by atoms with Gasteiger partial charge in [0, 0.05) is 11.1 Å². The van der Waals surface area contributed by atoms with Crippen LogP contribution in [0.25, 0.3) is 23.3 Å². The van der Waals surface area contributed by atoms with Crippen molar-refractivity contribution in [3.63, 3.8) is 0 Å². The number of hydrogen-bond donors (Lipinski definition) is 0. The van der Waals surface area contributed by atoms with Crippen LogP contribution in [-0.4, -0.2) is 28.4 Å². The number of hydrogen-bond acceptors (Lipinski definition) is 6. The van der Waals surface area contributed by atoms with Crippen LogP contribution in [0.15, 0.2) is 60.7 Å². The Balaban J connectivity index is 2.09. The number of nitrogens with zero attached hydrogens (tertiary/aromatic N) is 2. The van der Waals surface area contributed by atoms with Gasteiger partial charge in [-0.1, -0.05) is 24.3 Å². The molecule has 0 unspecified atom stereocenters. The van der Waals surface area contributed by atoms with Crippen molar-refractivity contribution >= 4 is 23.3 Å². The molecule has 0 heterocycles. The maximum Gasteiger partial charge on any atom is 0.128 e. The lowest BCUT2D eigenvalue weighted by Gasteiger charge is -2.14. The van der Waals surface area contributed by atoms with Crippen LogP contribution < -0.4 is 18.9 Å². The number of benzene rings is 3. The fourth-order valence-corrected chi connectivity index (χ4v) is 3.39. The highest BCUT2D eigenvalue weighted by atomic mass is 16.5. The summed E-state index contributed by atoms with van der Waals surface area (Å²) in [6.07, 6.45) is 3.52. The second-order valence-electron chi connectivity index (χ2n) is 7.14. The molecule has 34 heavy (non-hydrogen) atoms. The maximum atomic E-state index is 9.87. The fraction of sp³-hybridized carbons (Fsp3) is 0.143. The maximum absolute atomic E-state index is 9.87. The summed E-state index contributed by atoms with van der Waals surface area (Å²) in [5, 5.41) is 19.7. The summed E-state index contributed by atoms with van der Waals surface area (Å²) in [6, 6.07) is 22.6. The van der Waals surface area contributed by atoms with E-state index in [0.29, 0.717) is 33.8 Å². The average molecular weight is 453 g/mol. The lowest BCUT2D eigenvalue weighted by Crippen LogP contribution is -1.98. The minimum Gasteiger partial charge on any atom is -0.497 e. The summed E-state index contributed by atoms with van der Waals surface area (Å²) in [5.74, 6) is 2.36. The number of ether oxygens (including phenoxy) is 4. The van der Waals surface area contributed by atoms with Crippen LogP contribution in [0.1, 0.15) is 22.3 Å². The summed E-state index contributed by atoms with van der Waals surface area (Å²) in [4.78, 5) is 0. The third-order valence-corrected chi connectivity index (χ3v) is 5.20. The number of allylic oxidation sites excluding steroid dienone is 2. The minimum absolute atomic E-state index is 0.393. The molecular weight excluding hydrogens is 428 g/mol. The Labute approximate surface area is 199 Å². The van der Waals surface area contributed by atoms with Crippen molar-refractivity contribution in [2.75, 3.05) is 28.4 Å². The van der Waals surface area contributed by atoms with Crippen LogP contribution in [0.5, 0.6) is 23.0 Å². The molecule has 0 aliphatic carbocycles. The van der Waals surface area contributed by atoms with Crippen LogP contribution in [-0.2, 0) is 0 Å². The molecule has 0 saturated heterocycles. The Kier molecular flexibility index (Phi) is 7.94. The monoisotopic (exact) mass is 452 g/mol. The largest absolute Gasteiger partial charge is 0.497 e. The first-order chi connectivity index (χ1) is 16.6. The first-order valence-corrected chi connectivity index (χ1v) is 10.3. The van der Waals surface area contributed by atoms with Crippen LogP contribution in [0, 0.1) is 22.7 Å². The van der Waals surface area contributed by atoms with E-state index in [0.717, 1.165) is 22.6 Å². The summed E-state index contributed by atoms with van der Waals surface area (Å²) in [7, 11) is 6.25. The molecule has 3 aromatic carbocycles. The SMILES string of the molecule is COc1ccc(C=C(C#N)c2cc(OC)c(C(C#N)=Cc3ccc(OC)cc3)cc2OC)cc1. The first kappa shape index (κ1) is 24.0. The van der Waals surface area contributed by atoms with Crippen molar-refractivity contribution in [1.82, 2.24) is 0 Å². The molecule has 0 spiro atoms. The molecule has 6 heteroatoms. The van der Waals surface area contributed by atoms with E-state index in [9.17, 15) is 10.5 Å². The summed E-state index contributed by atoms with van der Waals surface area (Å²) >= 11 is 0. The molecule has 170 valence electrons. The fourth-order valence-electron chi connectivity index (χ4n) is 3.39. The molecule has 3 aromatic rings. The quantitative estimate of drug-likeness (QED) is 0.315. The van der Waals surface area contributed by atoms with Gasteiger partial charge in [-0.25, -0.2) is 0 Å². The summed E-state index contributed by atoms with van der Waals surface area (Å²) in [6.45, 7) is 0. The van der Waals surface area contributed by atoms with Crippen LogP contribution in [0.3, 0.4) is 0 Å². The van der Waals surface area contributed by atoms with Gasteiger partial charge >= 0.3 is 0 Å². The van der Waals surface area contributed by atoms with Gasteiger partial charge in [0.15, 0.2) is 0 Å². The van der Waals surface area contributed by atoms with E-state index in [1.165, 1.54) is 14.2 Å². The van der Waals surface area contributed by atoms with Gasteiger partial charge in [0.25, 0.3) is 0 Å². The Morgan fingerprint density at radius 1 is 0.588 bits per heavy atom. The lowest BCUT2D eigenvalue weighted by atomic mass is 9.96. The van der Waals surface area contributed by atoms with Gasteiger partial charge in [-0.05, 0) is 59.7 Å². The van der Waals surface area contributed by atoms with Crippen LogP contribution in [0.2, 0.25) is 0 Å². The summed E-state index contributed by atoms with van der Waals surface area (Å²) in [5.41, 5.74) is 3.57. The zero-order valence-corrected chi connectivity index (χ0v) is 19.5. The smallest absolute Gasteiger partial charge is 0.128 e. The second kappa shape index (κ2) is 11.3. The van der Waals surface area contributed by atoms with Gasteiger partial charge in [0.1, 0.15) is 23.0 Å². The molecule has 0 saturated carbocycles. The number of rotatable bonds is 8. The zero-order valence-electron chi connectivity index (χ0n) is 19.5. The second-order valence-corrected chi connectivity index (χ2v) is 7.14. The number of methoxy groups -OCH3 is 4. The van der Waals surface area contributed by atoms with Gasteiger partial charge in [-0.2, -0.15) is 10.5 Å². The highest BCUT2D eigenvalue weighted by Crippen LogP contribution is 2.38. The molecule has 0 N–H and O–H groups in total. The summed E-state index contributed by atoms with van der Waals surface area (Å²) < 4.78 is 21.6. The molecule has 0 fully saturated rings. The zero-order chi connectivity index (χ0) is 24.5. The van der Waals surface area contributed by atoms with Crippen molar-refractivity contribution < 1.29 is 18.9 Å². The normalized spacial score (nSPS) is 11.2. The van der Waals surface area contributed by atoms with Crippen molar-refractivity contribution in [2.45, 2.75) is 0 Å². The van der Waals surface area contributed by atoms with Crippen molar-refractivity contribution in [1.29, 1.82) is 10.5 Å². The molecule has 0 atom stereocenters. The standard InChI is InChI=1S/C28H24N2O4/c1-31-23-9-5-19(6-10-23)13-21(17-29)25-15-28(34-4)26(16-27(25)33-3)22(18-30)14-20-7-11-24(32-2)12-8-20/h5-16H,1-4H3. The van der Waals surface area contributed by atoms with E-state index < -0.39 is 0 Å². The molecular formula is C28H24N2O4. The highest BCUT2D eigenvalue weighted by Gasteiger charge is 2.17. The first-order valence-electron chi connectivity index (χ1n) is 10.3. The molecule has 0 amide bonds. The average Bonchev–Trinajstić information content (AvgIpc) is 2.90. The third-order valence-electron chi connectivity index (χ3n) is 5.20. The molecule has 3 rings (SSSR count). The topological polar surface area (TPSA) is 84.5 Å². The van der Waals surface area contributed by atoms with E-state index in [2.05, 4.69) is 12.1 Å². The minimum atomic E-state index is 0.393. The van der Waals surface area contributed by atoms with E-state index in [1.54, 1.807) is 38.5 Å². The van der Waals surface area contributed by atoms with E-state index in [4.69, 9.17) is 18.9 Å². The Morgan fingerprint density at radius 3 is 1.21 bits per heavy atom. The molecule has 0 aliphatic rings. The Morgan fingerprint density at radius 2 is 0.941 bits per heavy atom. The molecule has 6 nitrogen and oxygen atoms in total. The predicted molar refractivity (Wildman–Crippen MR) is 133 cm³/mol. The lowest BCUT2D eigenvalue weighted by molar-refractivity contribution is 0.401. The molecule has 0 aromatic heterocycles. The number of nitriles is 2. The van der Waals surface area contributed by atoms with Crippen molar-refractivity contribution in [3.05, 3.63) is 82.9 Å². The van der Waals surface area contributed by atoms with Crippen molar-refractivity contribution in [2.24, 2.45) is 0 Å². The van der Waals surface area contributed by atoms with E-state index in [1.807, 2.05) is 48.5 Å². The van der Waals surface area contributed by atoms with Gasteiger partial charge in [-0.15, -0.1) is 0 Å². The van der Waals surface area contributed by atoms with E-state index in [-0.39, 0.29) is 0 Å². The Hall–Kier alpha value is -4.68. The van der Waals surface area contributed by atoms with Gasteiger partial charge in [0.2, 0.25) is 0 Å². The van der Waals surface area contributed by atoms with Gasteiger partial charge in [-0.3, -0.25) is 0 Å². The Bertz CT molecular complexity index is 1190. The van der Waals surface area contributed by atoms with Crippen molar-refractivity contribution in [3.8, 4) is 35.1 Å². The highest BCUT2D eigenvalue weighted by molar-refractivity contribution is 5.96. The molecule has 0 bridgehead atoms. The predicted octanol–water partition coefficient (Wildman–Crippen LogP) is 5.85. The van der Waals surface area contributed by atoms with Gasteiger partial charge < -0.3 is 18.9 Å². The van der Waals surface area contributed by atoms with Gasteiger partial charge in [0.05, 0.1) is 51.7 Å². The molecule has 0 aliphatic heterocycles.